The predicted octanol–water partition coefficient (Wildman–Crippen LogP) is 2.44. The second-order valence-corrected chi connectivity index (χ2v) is 6.89. The first-order chi connectivity index (χ1) is 12.4. The normalized spacial score (nSPS) is 17.2. The summed E-state index contributed by atoms with van der Waals surface area (Å²) >= 11 is 0. The summed E-state index contributed by atoms with van der Waals surface area (Å²) in [5.41, 5.74) is 1.30. The van der Waals surface area contributed by atoms with Crippen LogP contribution >= 0.6 is 0 Å². The van der Waals surface area contributed by atoms with E-state index in [2.05, 4.69) is 20.2 Å². The summed E-state index contributed by atoms with van der Waals surface area (Å²) in [6, 6.07) is 3.48. The van der Waals surface area contributed by atoms with E-state index in [9.17, 15) is 9.18 Å². The number of pyridine rings is 2. The Morgan fingerprint density at radius 2 is 2.15 bits per heavy atom. The lowest BCUT2D eigenvalue weighted by molar-refractivity contribution is 0.132. The highest BCUT2D eigenvalue weighted by atomic mass is 19.1. The van der Waals surface area contributed by atoms with Gasteiger partial charge in [0.05, 0.1) is 24.3 Å². The summed E-state index contributed by atoms with van der Waals surface area (Å²) in [7, 11) is 1.52. The second-order valence-electron chi connectivity index (χ2n) is 6.89. The molecule has 0 bridgehead atoms. The summed E-state index contributed by atoms with van der Waals surface area (Å²) in [6.45, 7) is 4.12. The van der Waals surface area contributed by atoms with E-state index in [4.69, 9.17) is 9.84 Å². The van der Waals surface area contributed by atoms with Crippen molar-refractivity contribution in [2.75, 3.05) is 26.7 Å². The molecule has 8 heteroatoms. The fourth-order valence-electron chi connectivity index (χ4n) is 3.35. The van der Waals surface area contributed by atoms with Gasteiger partial charge in [0.25, 0.3) is 0 Å². The van der Waals surface area contributed by atoms with Gasteiger partial charge < -0.3 is 20.1 Å². The Morgan fingerprint density at radius 3 is 2.81 bits per heavy atom. The first kappa shape index (κ1) is 18.3. The van der Waals surface area contributed by atoms with Crippen molar-refractivity contribution in [2.24, 2.45) is 0 Å². The van der Waals surface area contributed by atoms with Crippen molar-refractivity contribution in [3.05, 3.63) is 29.7 Å². The molecule has 0 unspecified atom stereocenters. The molecule has 0 saturated carbocycles. The number of amides is 1. The zero-order valence-electron chi connectivity index (χ0n) is 15.0. The molecule has 0 atom stereocenters. The molecule has 0 aliphatic carbocycles. The number of aromatic nitrogens is 2. The van der Waals surface area contributed by atoms with Crippen LogP contribution in [0, 0.1) is 5.82 Å². The average Bonchev–Trinajstić information content (AvgIpc) is 2.61. The Bertz CT molecular complexity index is 806. The van der Waals surface area contributed by atoms with Crippen molar-refractivity contribution in [3.63, 3.8) is 0 Å². The zero-order chi connectivity index (χ0) is 18.7. The molecule has 1 fully saturated rings. The van der Waals surface area contributed by atoms with Gasteiger partial charge in [0, 0.05) is 36.8 Å². The molecule has 1 aliphatic rings. The molecule has 1 saturated heterocycles. The van der Waals surface area contributed by atoms with Gasteiger partial charge in [-0.3, -0.25) is 4.98 Å². The Balaban J connectivity index is 1.69. The fourth-order valence-corrected chi connectivity index (χ4v) is 3.35. The Hall–Kier alpha value is -2.48. The van der Waals surface area contributed by atoms with Gasteiger partial charge in [0.1, 0.15) is 5.82 Å². The van der Waals surface area contributed by atoms with Crippen LogP contribution in [0.2, 0.25) is 0 Å². The lowest BCUT2D eigenvalue weighted by Crippen LogP contribution is -2.53. The number of ether oxygens (including phenoxy) is 1. The third-order valence-corrected chi connectivity index (χ3v) is 5.00. The van der Waals surface area contributed by atoms with Gasteiger partial charge >= 0.3 is 6.09 Å². The largest absolute Gasteiger partial charge is 0.481 e. The number of carboxylic acid groups (broad SMARTS) is 1. The quantitative estimate of drug-likeness (QED) is 0.849. The molecule has 0 spiro atoms. The molecule has 1 aliphatic heterocycles. The van der Waals surface area contributed by atoms with Crippen molar-refractivity contribution in [1.29, 1.82) is 0 Å². The first-order valence-corrected chi connectivity index (χ1v) is 8.62. The Kier molecular flexibility index (Phi) is 5.22. The number of nitrogens with zero attached hydrogens (tertiary/aromatic N) is 3. The van der Waals surface area contributed by atoms with Crippen LogP contribution in [0.4, 0.5) is 9.18 Å². The van der Waals surface area contributed by atoms with E-state index in [1.165, 1.54) is 13.3 Å². The van der Waals surface area contributed by atoms with Gasteiger partial charge in [0.15, 0.2) is 0 Å². The Labute approximate surface area is 151 Å². The van der Waals surface area contributed by atoms with Crippen LogP contribution in [0.3, 0.4) is 0 Å². The van der Waals surface area contributed by atoms with Crippen LogP contribution in [0.5, 0.6) is 5.88 Å². The summed E-state index contributed by atoms with van der Waals surface area (Å²) in [5.74, 6) is 0.0623. The van der Waals surface area contributed by atoms with Crippen molar-refractivity contribution in [3.8, 4) is 5.88 Å². The number of halogens is 1. The van der Waals surface area contributed by atoms with E-state index in [1.54, 1.807) is 12.1 Å². The van der Waals surface area contributed by atoms with E-state index in [1.807, 2.05) is 6.92 Å². The van der Waals surface area contributed by atoms with E-state index >= 15 is 0 Å². The predicted molar refractivity (Wildman–Crippen MR) is 95.0 cm³/mol. The minimum absolute atomic E-state index is 0.368. The summed E-state index contributed by atoms with van der Waals surface area (Å²) in [6.07, 6.45) is 2.20. The van der Waals surface area contributed by atoms with Crippen LogP contribution in [0.25, 0.3) is 11.0 Å². The number of methoxy groups -OCH3 is 1. The molecule has 2 aromatic heterocycles. The molecule has 3 rings (SSSR count). The fraction of sp³-hybridized carbons (Fsp3) is 0.500. The maximum Gasteiger partial charge on any atom is 0.405 e. The molecule has 140 valence electrons. The first-order valence-electron chi connectivity index (χ1n) is 8.62. The van der Waals surface area contributed by atoms with Crippen LogP contribution in [-0.4, -0.2) is 58.4 Å². The van der Waals surface area contributed by atoms with Gasteiger partial charge in [-0.2, -0.15) is 0 Å². The number of piperidine rings is 1. The van der Waals surface area contributed by atoms with Crippen molar-refractivity contribution in [1.82, 2.24) is 20.2 Å². The summed E-state index contributed by atoms with van der Waals surface area (Å²) in [4.78, 5) is 21.6. The van der Waals surface area contributed by atoms with Crippen LogP contribution in [-0.2, 0) is 6.42 Å². The smallest absolute Gasteiger partial charge is 0.405 e. The molecule has 2 aromatic rings. The number of nitrogens with one attached hydrogen (secondary N) is 1. The third-order valence-electron chi connectivity index (χ3n) is 5.00. The molecular weight excluding hydrogens is 339 g/mol. The lowest BCUT2D eigenvalue weighted by atomic mass is 9.89. The maximum absolute atomic E-state index is 14.3. The van der Waals surface area contributed by atoms with Crippen molar-refractivity contribution in [2.45, 2.75) is 31.7 Å². The molecule has 26 heavy (non-hydrogen) atoms. The van der Waals surface area contributed by atoms with E-state index < -0.39 is 11.6 Å². The molecule has 0 radical (unpaired) electrons. The van der Waals surface area contributed by atoms with Crippen molar-refractivity contribution < 1.29 is 19.0 Å². The molecule has 1 amide bonds. The monoisotopic (exact) mass is 362 g/mol. The van der Waals surface area contributed by atoms with Crippen LogP contribution < -0.4 is 10.1 Å². The van der Waals surface area contributed by atoms with Gasteiger partial charge in [-0.1, -0.05) is 0 Å². The van der Waals surface area contributed by atoms with E-state index in [0.29, 0.717) is 35.4 Å². The van der Waals surface area contributed by atoms with Gasteiger partial charge in [-0.05, 0) is 32.3 Å². The van der Waals surface area contributed by atoms with Crippen molar-refractivity contribution >= 4 is 17.1 Å². The maximum atomic E-state index is 14.3. The SMILES string of the molecule is COc1ccc2ncc(F)c(CCN3CCC(C)(NC(=O)O)CC3)c2n1. The average molecular weight is 362 g/mol. The van der Waals surface area contributed by atoms with Crippen LogP contribution in [0.15, 0.2) is 18.3 Å². The number of hydrogen-bond acceptors (Lipinski definition) is 5. The van der Waals surface area contributed by atoms with Gasteiger partial charge in [0.2, 0.25) is 5.88 Å². The second kappa shape index (κ2) is 7.41. The lowest BCUT2D eigenvalue weighted by Gasteiger charge is -2.39. The minimum Gasteiger partial charge on any atom is -0.481 e. The summed E-state index contributed by atoms with van der Waals surface area (Å²) < 4.78 is 19.5. The topological polar surface area (TPSA) is 87.6 Å². The van der Waals surface area contributed by atoms with E-state index in [0.717, 1.165) is 25.9 Å². The standard InChI is InChI=1S/C18H23FN4O3/c1-18(22-17(24)25)6-9-23(10-7-18)8-5-12-13(19)11-20-14-3-4-15(26-2)21-16(12)14/h3-4,11,22H,5-10H2,1-2H3,(H,24,25). The van der Waals surface area contributed by atoms with Crippen LogP contribution in [0.1, 0.15) is 25.3 Å². The Morgan fingerprint density at radius 1 is 1.42 bits per heavy atom. The third kappa shape index (κ3) is 4.01. The molecule has 2 N–H and O–H groups in total. The number of likely N-dealkylation sites (tertiary alicyclic amines) is 1. The zero-order valence-corrected chi connectivity index (χ0v) is 15.0. The van der Waals surface area contributed by atoms with Gasteiger partial charge in [-0.15, -0.1) is 0 Å². The highest BCUT2D eigenvalue weighted by Crippen LogP contribution is 2.24. The molecule has 3 heterocycles. The molecule has 0 aromatic carbocycles. The highest BCUT2D eigenvalue weighted by Gasteiger charge is 2.31. The number of hydrogen-bond donors (Lipinski definition) is 2. The number of rotatable bonds is 5. The molecule has 7 nitrogen and oxygen atoms in total. The van der Waals surface area contributed by atoms with Gasteiger partial charge in [-0.25, -0.2) is 14.2 Å². The highest BCUT2D eigenvalue weighted by molar-refractivity contribution is 5.78. The minimum atomic E-state index is -0.994. The summed E-state index contributed by atoms with van der Waals surface area (Å²) in [5, 5.41) is 11.5. The number of fused-ring (bicyclic) bond motifs is 1. The van der Waals surface area contributed by atoms with E-state index in [-0.39, 0.29) is 5.82 Å². The number of carbonyl (C=O) groups is 1. The molecular formula is C18H23FN4O3.